The molecule has 2 saturated carbocycles. The van der Waals surface area contributed by atoms with Gasteiger partial charge < -0.3 is 9.59 Å². The summed E-state index contributed by atoms with van der Waals surface area (Å²) in [6.07, 6.45) is 8.10. The van der Waals surface area contributed by atoms with Crippen LogP contribution in [0.2, 0.25) is 0 Å². The van der Waals surface area contributed by atoms with Crippen LogP contribution in [0.3, 0.4) is 0 Å². The molecule has 1 N–H and O–H groups in total. The van der Waals surface area contributed by atoms with Gasteiger partial charge in [0.05, 0.1) is 32.3 Å². The summed E-state index contributed by atoms with van der Waals surface area (Å²) in [6.45, 7) is 2.72. The molecule has 2 aliphatic carbocycles. The Bertz CT molecular complexity index is 247. The standard InChI is InChI=1S/C13H24NO/c1-14(8-2-3-9-14)12-7-5-10-4-6-11(12)13(10)15/h10-13,15H,2-9H2,1H3/q+1/t10-,11+,12+,13-/m1/s1. The molecule has 4 atom stereocenters. The quantitative estimate of drug-likeness (QED) is 0.654. The molecule has 0 unspecified atom stereocenters. The van der Waals surface area contributed by atoms with Crippen LogP contribution in [0.1, 0.15) is 38.5 Å². The van der Waals surface area contributed by atoms with Crippen molar-refractivity contribution in [1.29, 1.82) is 0 Å². The zero-order valence-corrected chi connectivity index (χ0v) is 9.86. The summed E-state index contributed by atoms with van der Waals surface area (Å²) >= 11 is 0. The van der Waals surface area contributed by atoms with Gasteiger partial charge in [-0.1, -0.05) is 0 Å². The van der Waals surface area contributed by atoms with E-state index in [1.54, 1.807) is 0 Å². The van der Waals surface area contributed by atoms with Crippen LogP contribution in [0.5, 0.6) is 0 Å². The van der Waals surface area contributed by atoms with Crippen molar-refractivity contribution in [2.75, 3.05) is 20.1 Å². The fourth-order valence-corrected chi connectivity index (χ4v) is 4.60. The van der Waals surface area contributed by atoms with Crippen LogP contribution in [0.15, 0.2) is 0 Å². The van der Waals surface area contributed by atoms with Gasteiger partial charge in [-0.05, 0) is 25.2 Å². The molecule has 0 amide bonds. The Labute approximate surface area is 92.9 Å². The second-order valence-electron chi connectivity index (χ2n) is 6.27. The van der Waals surface area contributed by atoms with Crippen molar-refractivity contribution < 1.29 is 9.59 Å². The lowest BCUT2D eigenvalue weighted by molar-refractivity contribution is -0.927. The Morgan fingerprint density at radius 3 is 2.40 bits per heavy atom. The third-order valence-electron chi connectivity index (χ3n) is 5.51. The Morgan fingerprint density at radius 1 is 1.00 bits per heavy atom. The molecule has 1 saturated heterocycles. The van der Waals surface area contributed by atoms with E-state index in [-0.39, 0.29) is 6.10 Å². The van der Waals surface area contributed by atoms with Gasteiger partial charge in [-0.15, -0.1) is 0 Å². The highest BCUT2D eigenvalue weighted by Gasteiger charge is 2.51. The second-order valence-corrected chi connectivity index (χ2v) is 6.27. The lowest BCUT2D eigenvalue weighted by Gasteiger charge is -2.45. The molecule has 0 aromatic heterocycles. The average molecular weight is 210 g/mol. The topological polar surface area (TPSA) is 20.2 Å². The highest BCUT2D eigenvalue weighted by Crippen LogP contribution is 2.46. The molecule has 15 heavy (non-hydrogen) atoms. The van der Waals surface area contributed by atoms with Crippen molar-refractivity contribution >= 4 is 0 Å². The van der Waals surface area contributed by atoms with Crippen molar-refractivity contribution in [2.45, 2.75) is 50.7 Å². The molecule has 0 aromatic rings. The molecule has 0 aromatic carbocycles. The first kappa shape index (κ1) is 10.1. The van der Waals surface area contributed by atoms with Crippen molar-refractivity contribution in [3.05, 3.63) is 0 Å². The van der Waals surface area contributed by atoms with Crippen LogP contribution < -0.4 is 0 Å². The molecule has 3 fully saturated rings. The molecule has 3 rings (SSSR count). The number of quaternary nitrogens is 1. The Morgan fingerprint density at radius 2 is 1.67 bits per heavy atom. The zero-order chi connectivity index (χ0) is 10.5. The summed E-state index contributed by atoms with van der Waals surface area (Å²) in [5.74, 6) is 1.28. The molecule has 86 valence electrons. The molecule has 1 heterocycles. The third-order valence-corrected chi connectivity index (χ3v) is 5.51. The SMILES string of the molecule is C[N+]1([C@H]2CC[C@H]3CC[C@@H]2[C@@H]3O)CCCC1. The second kappa shape index (κ2) is 3.46. The average Bonchev–Trinajstić information content (AvgIpc) is 2.72. The molecule has 2 bridgehead atoms. The number of hydrogen-bond acceptors (Lipinski definition) is 1. The summed E-state index contributed by atoms with van der Waals surface area (Å²) in [5.41, 5.74) is 0. The molecule has 1 aliphatic heterocycles. The lowest BCUT2D eigenvalue weighted by Crippen LogP contribution is -2.56. The summed E-state index contributed by atoms with van der Waals surface area (Å²) in [7, 11) is 2.43. The van der Waals surface area contributed by atoms with E-state index in [1.165, 1.54) is 56.1 Å². The Kier molecular flexibility index (Phi) is 2.33. The summed E-state index contributed by atoms with van der Waals surface area (Å²) in [5, 5.41) is 10.2. The molecular formula is C13H24NO+. The van der Waals surface area contributed by atoms with Gasteiger partial charge in [0.15, 0.2) is 0 Å². The zero-order valence-electron chi connectivity index (χ0n) is 9.86. The van der Waals surface area contributed by atoms with Crippen LogP contribution in [0, 0.1) is 11.8 Å². The number of nitrogens with zero attached hydrogens (tertiary/aromatic N) is 1. The summed E-state index contributed by atoms with van der Waals surface area (Å²) in [6, 6.07) is 0.779. The van der Waals surface area contributed by atoms with Crippen molar-refractivity contribution in [2.24, 2.45) is 11.8 Å². The molecule has 3 aliphatic rings. The molecule has 0 spiro atoms. The molecule has 2 nitrogen and oxygen atoms in total. The van der Waals surface area contributed by atoms with Crippen molar-refractivity contribution in [3.63, 3.8) is 0 Å². The maximum atomic E-state index is 10.2. The normalized spacial score (nSPS) is 48.4. The van der Waals surface area contributed by atoms with Crippen LogP contribution in [0.4, 0.5) is 0 Å². The van der Waals surface area contributed by atoms with Crippen LogP contribution >= 0.6 is 0 Å². The van der Waals surface area contributed by atoms with E-state index in [0.717, 1.165) is 6.04 Å². The van der Waals surface area contributed by atoms with E-state index in [1.807, 2.05) is 0 Å². The van der Waals surface area contributed by atoms with Crippen molar-refractivity contribution in [3.8, 4) is 0 Å². The highest BCUT2D eigenvalue weighted by atomic mass is 16.3. The monoisotopic (exact) mass is 210 g/mol. The number of hydrogen-bond donors (Lipinski definition) is 1. The van der Waals surface area contributed by atoms with E-state index in [9.17, 15) is 5.11 Å². The summed E-state index contributed by atoms with van der Waals surface area (Å²) in [4.78, 5) is 0. The fraction of sp³-hybridized carbons (Fsp3) is 1.00. The minimum Gasteiger partial charge on any atom is -0.392 e. The number of fused-ring (bicyclic) bond motifs is 2. The van der Waals surface area contributed by atoms with Gasteiger partial charge in [-0.2, -0.15) is 0 Å². The van der Waals surface area contributed by atoms with E-state index in [0.29, 0.717) is 11.8 Å². The smallest absolute Gasteiger partial charge is 0.0941 e. The van der Waals surface area contributed by atoms with Gasteiger partial charge in [0.1, 0.15) is 0 Å². The minimum absolute atomic E-state index is 0.0410. The minimum atomic E-state index is 0.0410. The maximum Gasteiger partial charge on any atom is 0.0941 e. The third kappa shape index (κ3) is 1.45. The van der Waals surface area contributed by atoms with Crippen LogP contribution in [-0.4, -0.2) is 41.9 Å². The van der Waals surface area contributed by atoms with Gasteiger partial charge in [0.25, 0.3) is 0 Å². The number of aliphatic hydroxyl groups excluding tert-OH is 1. The highest BCUT2D eigenvalue weighted by molar-refractivity contribution is 4.94. The van der Waals surface area contributed by atoms with E-state index < -0.39 is 0 Å². The first-order chi connectivity index (χ1) is 7.21. The number of likely N-dealkylation sites (tertiary alicyclic amines) is 1. The van der Waals surface area contributed by atoms with Gasteiger partial charge >= 0.3 is 0 Å². The Balaban J connectivity index is 1.81. The predicted octanol–water partition coefficient (Wildman–Crippen LogP) is 1.78. The van der Waals surface area contributed by atoms with Gasteiger partial charge in [-0.25, -0.2) is 0 Å². The first-order valence-corrected chi connectivity index (χ1v) is 6.73. The molecule has 0 radical (unpaired) electrons. The number of aliphatic hydroxyl groups is 1. The van der Waals surface area contributed by atoms with Gasteiger partial charge in [-0.3, -0.25) is 0 Å². The van der Waals surface area contributed by atoms with Crippen molar-refractivity contribution in [1.82, 2.24) is 0 Å². The first-order valence-electron chi connectivity index (χ1n) is 6.73. The van der Waals surface area contributed by atoms with E-state index in [2.05, 4.69) is 7.05 Å². The van der Waals surface area contributed by atoms with E-state index in [4.69, 9.17) is 0 Å². The van der Waals surface area contributed by atoms with Crippen LogP contribution in [-0.2, 0) is 0 Å². The molecule has 2 heteroatoms. The van der Waals surface area contributed by atoms with Crippen LogP contribution in [0.25, 0.3) is 0 Å². The predicted molar refractivity (Wildman–Crippen MR) is 60.4 cm³/mol. The number of rotatable bonds is 1. The lowest BCUT2D eigenvalue weighted by atomic mass is 9.80. The maximum absolute atomic E-state index is 10.2. The Hall–Kier alpha value is -0.0800. The van der Waals surface area contributed by atoms with E-state index >= 15 is 0 Å². The molecular weight excluding hydrogens is 186 g/mol. The largest absolute Gasteiger partial charge is 0.392 e. The fourth-order valence-electron chi connectivity index (χ4n) is 4.60. The van der Waals surface area contributed by atoms with Gasteiger partial charge in [0, 0.05) is 25.2 Å². The summed E-state index contributed by atoms with van der Waals surface area (Å²) < 4.78 is 1.27. The van der Waals surface area contributed by atoms with Gasteiger partial charge in [0.2, 0.25) is 0 Å².